The molecule has 112 valence electrons. The summed E-state index contributed by atoms with van der Waals surface area (Å²) in [5.41, 5.74) is 0. The van der Waals surface area contributed by atoms with E-state index < -0.39 is 11.9 Å². The van der Waals surface area contributed by atoms with E-state index in [1.165, 1.54) is 14.2 Å². The molecule has 0 spiro atoms. The van der Waals surface area contributed by atoms with Crippen molar-refractivity contribution in [3.8, 4) is 0 Å². The molecule has 0 aromatic heterocycles. The zero-order valence-corrected chi connectivity index (χ0v) is 11.6. The molecule has 8 nitrogen and oxygen atoms in total. The lowest BCUT2D eigenvalue weighted by Gasteiger charge is -2.17. The number of nitrogens with zero attached hydrogens (tertiary/aromatic N) is 2. The van der Waals surface area contributed by atoms with Gasteiger partial charge in [-0.3, -0.25) is 9.69 Å². The van der Waals surface area contributed by atoms with Gasteiger partial charge in [-0.05, 0) is 0 Å². The zero-order chi connectivity index (χ0) is 15.0. The highest BCUT2D eigenvalue weighted by atomic mass is 16.5. The number of ether oxygens (including phenoxy) is 2. The fraction of sp³-hybridized carbons (Fsp3) is 0.583. The van der Waals surface area contributed by atoms with E-state index in [1.54, 1.807) is 9.80 Å². The molecule has 1 N–H and O–H groups in total. The Morgan fingerprint density at radius 1 is 1.25 bits per heavy atom. The SMILES string of the molecule is COCN1CCN(CCNC(=O)C=CC(=O)OC)C1=O. The van der Waals surface area contributed by atoms with Crippen LogP contribution >= 0.6 is 0 Å². The molecular formula is C12H19N3O5. The molecule has 1 aliphatic heterocycles. The summed E-state index contributed by atoms with van der Waals surface area (Å²) in [5, 5.41) is 2.58. The summed E-state index contributed by atoms with van der Waals surface area (Å²) in [6.45, 7) is 2.22. The number of methoxy groups -OCH3 is 2. The van der Waals surface area contributed by atoms with Gasteiger partial charge in [0.25, 0.3) is 0 Å². The molecule has 0 atom stereocenters. The fourth-order valence-electron chi connectivity index (χ4n) is 1.70. The van der Waals surface area contributed by atoms with Gasteiger partial charge in [-0.15, -0.1) is 0 Å². The van der Waals surface area contributed by atoms with Gasteiger partial charge in [-0.2, -0.15) is 0 Å². The average molecular weight is 285 g/mol. The van der Waals surface area contributed by atoms with Crippen LogP contribution in [0.5, 0.6) is 0 Å². The van der Waals surface area contributed by atoms with E-state index in [0.717, 1.165) is 12.2 Å². The van der Waals surface area contributed by atoms with Crippen LogP contribution in [-0.4, -0.2) is 74.8 Å². The summed E-state index contributed by atoms with van der Waals surface area (Å²) in [4.78, 5) is 37.1. The first kappa shape index (κ1) is 16.0. The maximum Gasteiger partial charge on any atom is 0.330 e. The minimum absolute atomic E-state index is 0.105. The Labute approximate surface area is 117 Å². The van der Waals surface area contributed by atoms with Crippen molar-refractivity contribution in [2.45, 2.75) is 0 Å². The van der Waals surface area contributed by atoms with E-state index in [9.17, 15) is 14.4 Å². The second-order valence-electron chi connectivity index (χ2n) is 4.10. The Morgan fingerprint density at radius 2 is 1.95 bits per heavy atom. The predicted molar refractivity (Wildman–Crippen MR) is 69.7 cm³/mol. The first-order chi connectivity index (χ1) is 9.58. The average Bonchev–Trinajstić information content (AvgIpc) is 2.78. The van der Waals surface area contributed by atoms with Gasteiger partial charge in [0.2, 0.25) is 5.91 Å². The van der Waals surface area contributed by atoms with Crippen molar-refractivity contribution < 1.29 is 23.9 Å². The summed E-state index contributed by atoms with van der Waals surface area (Å²) in [6, 6.07) is -0.105. The zero-order valence-electron chi connectivity index (χ0n) is 11.6. The van der Waals surface area contributed by atoms with Gasteiger partial charge < -0.3 is 19.7 Å². The predicted octanol–water partition coefficient (Wildman–Crippen LogP) is -0.827. The van der Waals surface area contributed by atoms with Crippen LogP contribution in [0, 0.1) is 0 Å². The van der Waals surface area contributed by atoms with Crippen LogP contribution < -0.4 is 5.32 Å². The van der Waals surface area contributed by atoms with Gasteiger partial charge in [-0.25, -0.2) is 9.59 Å². The maximum absolute atomic E-state index is 11.8. The largest absolute Gasteiger partial charge is 0.466 e. The number of carbonyl (C=O) groups excluding carboxylic acids is 3. The molecule has 0 aromatic carbocycles. The maximum atomic E-state index is 11.8. The van der Waals surface area contributed by atoms with Crippen molar-refractivity contribution in [1.82, 2.24) is 15.1 Å². The number of urea groups is 1. The molecule has 3 amide bonds. The van der Waals surface area contributed by atoms with E-state index >= 15 is 0 Å². The number of hydrogen-bond acceptors (Lipinski definition) is 5. The topological polar surface area (TPSA) is 88.2 Å². The van der Waals surface area contributed by atoms with Gasteiger partial charge in [-0.1, -0.05) is 0 Å². The lowest BCUT2D eigenvalue weighted by atomic mass is 10.4. The Bertz CT molecular complexity index is 397. The minimum Gasteiger partial charge on any atom is -0.466 e. The van der Waals surface area contributed by atoms with Crippen molar-refractivity contribution in [2.75, 3.05) is 47.1 Å². The van der Waals surface area contributed by atoms with Crippen molar-refractivity contribution in [2.24, 2.45) is 0 Å². The first-order valence-corrected chi connectivity index (χ1v) is 6.15. The van der Waals surface area contributed by atoms with Crippen LogP contribution in [0.3, 0.4) is 0 Å². The molecule has 1 saturated heterocycles. The van der Waals surface area contributed by atoms with Crippen molar-refractivity contribution in [3.05, 3.63) is 12.2 Å². The number of nitrogens with one attached hydrogen (secondary N) is 1. The molecule has 1 fully saturated rings. The van der Waals surface area contributed by atoms with Gasteiger partial charge in [0, 0.05) is 45.4 Å². The molecule has 1 rings (SSSR count). The summed E-state index contributed by atoms with van der Waals surface area (Å²) < 4.78 is 9.27. The van der Waals surface area contributed by atoms with Crippen LogP contribution in [0.25, 0.3) is 0 Å². The molecule has 20 heavy (non-hydrogen) atoms. The highest BCUT2D eigenvalue weighted by molar-refractivity contribution is 5.94. The van der Waals surface area contributed by atoms with Crippen LogP contribution in [0.15, 0.2) is 12.2 Å². The Hall–Kier alpha value is -2.09. The van der Waals surface area contributed by atoms with E-state index in [2.05, 4.69) is 10.1 Å². The van der Waals surface area contributed by atoms with Crippen molar-refractivity contribution in [3.63, 3.8) is 0 Å². The Morgan fingerprint density at radius 3 is 2.60 bits per heavy atom. The van der Waals surface area contributed by atoms with Gasteiger partial charge in [0.05, 0.1) is 7.11 Å². The van der Waals surface area contributed by atoms with E-state index in [1.807, 2.05) is 0 Å². The first-order valence-electron chi connectivity index (χ1n) is 6.15. The molecule has 0 unspecified atom stereocenters. The molecule has 0 radical (unpaired) electrons. The lowest BCUT2D eigenvalue weighted by Crippen LogP contribution is -2.38. The highest BCUT2D eigenvalue weighted by Gasteiger charge is 2.27. The van der Waals surface area contributed by atoms with E-state index in [-0.39, 0.29) is 12.8 Å². The summed E-state index contributed by atoms with van der Waals surface area (Å²) in [7, 11) is 2.76. The number of esters is 1. The Kier molecular flexibility index (Phi) is 6.51. The van der Waals surface area contributed by atoms with Crippen molar-refractivity contribution in [1.29, 1.82) is 0 Å². The molecule has 1 aliphatic rings. The molecule has 8 heteroatoms. The molecule has 0 bridgehead atoms. The third-order valence-electron chi connectivity index (χ3n) is 2.72. The molecule has 0 saturated carbocycles. The molecule has 0 aromatic rings. The standard InChI is InChI=1S/C12H19N3O5/c1-19-9-15-8-7-14(12(15)18)6-5-13-10(16)3-4-11(17)20-2/h3-4H,5-9H2,1-2H3,(H,13,16). The molecule has 1 heterocycles. The number of amides is 3. The third kappa shape index (κ3) is 4.88. The Balaban J connectivity index is 2.25. The lowest BCUT2D eigenvalue weighted by molar-refractivity contribution is -0.135. The summed E-state index contributed by atoms with van der Waals surface area (Å²) in [5.74, 6) is -0.999. The van der Waals surface area contributed by atoms with Gasteiger partial charge in [0.15, 0.2) is 0 Å². The second-order valence-corrected chi connectivity index (χ2v) is 4.10. The normalized spacial score (nSPS) is 15.0. The quantitative estimate of drug-likeness (QED) is 0.487. The number of rotatable bonds is 7. The van der Waals surface area contributed by atoms with E-state index in [0.29, 0.717) is 26.2 Å². The van der Waals surface area contributed by atoms with Gasteiger partial charge in [0.1, 0.15) is 6.73 Å². The van der Waals surface area contributed by atoms with Gasteiger partial charge >= 0.3 is 12.0 Å². The third-order valence-corrected chi connectivity index (χ3v) is 2.72. The molecule has 0 aliphatic carbocycles. The van der Waals surface area contributed by atoms with E-state index in [4.69, 9.17) is 4.74 Å². The van der Waals surface area contributed by atoms with Crippen LogP contribution in [-0.2, 0) is 19.1 Å². The minimum atomic E-state index is -0.593. The van der Waals surface area contributed by atoms with Crippen molar-refractivity contribution >= 4 is 17.9 Å². The van der Waals surface area contributed by atoms with Crippen LogP contribution in [0.4, 0.5) is 4.79 Å². The summed E-state index contributed by atoms with van der Waals surface area (Å²) in [6.07, 6.45) is 2.13. The number of hydrogen-bond donors (Lipinski definition) is 1. The summed E-state index contributed by atoms with van der Waals surface area (Å²) >= 11 is 0. The monoisotopic (exact) mass is 285 g/mol. The fourth-order valence-corrected chi connectivity index (χ4v) is 1.70. The second kappa shape index (κ2) is 8.16. The highest BCUT2D eigenvalue weighted by Crippen LogP contribution is 2.07. The molecular weight excluding hydrogens is 266 g/mol. The van der Waals surface area contributed by atoms with Crippen LogP contribution in [0.1, 0.15) is 0 Å². The van der Waals surface area contributed by atoms with Crippen LogP contribution in [0.2, 0.25) is 0 Å². The smallest absolute Gasteiger partial charge is 0.330 e. The number of carbonyl (C=O) groups is 3.